The van der Waals surface area contributed by atoms with E-state index in [-0.39, 0.29) is 63.2 Å². The zero-order valence-electron chi connectivity index (χ0n) is 78.7. The van der Waals surface area contributed by atoms with Crippen LogP contribution < -0.4 is 71.9 Å². The molecule has 0 amide bonds. The van der Waals surface area contributed by atoms with Crippen LogP contribution in [0, 0.1) is 56.4 Å². The first kappa shape index (κ1) is 93.9. The molecule has 13 heterocycles. The summed E-state index contributed by atoms with van der Waals surface area (Å²) < 4.78 is 67.9. The Hall–Kier alpha value is -15.5. The third-order valence-corrected chi connectivity index (χ3v) is 36.9. The number of hydrogen-bond acceptors (Lipinski definition) is 14. The van der Waals surface area contributed by atoms with E-state index < -0.39 is 21.4 Å². The van der Waals surface area contributed by atoms with Crippen LogP contribution in [0.3, 0.4) is 0 Å². The fraction of sp³-hybridized carbons (Fsp3) is 0.0244. The molecule has 147 heavy (non-hydrogen) atoms. The molecule has 0 radical (unpaired) electrons. The molecule has 722 valence electrons. The van der Waals surface area contributed by atoms with Gasteiger partial charge >= 0.3 is 0 Å². The van der Waals surface area contributed by atoms with E-state index in [1.54, 1.807) is 30.7 Å². The van der Waals surface area contributed by atoms with Gasteiger partial charge in [0.15, 0.2) is 0 Å². The van der Waals surface area contributed by atoms with Gasteiger partial charge in [-0.3, -0.25) is 13.7 Å². The molecular formula is C123H81N13O5P3Pt3-9. The first-order chi connectivity index (χ1) is 70.8. The van der Waals surface area contributed by atoms with Crippen LogP contribution in [0.25, 0.3) is 144 Å². The van der Waals surface area contributed by atoms with E-state index in [0.29, 0.717) is 55.1 Å². The smallest absolute Gasteiger partial charge is 0.216 e. The molecule has 3 atom stereocenters. The number of hydrogen-bond donors (Lipinski definition) is 0. The van der Waals surface area contributed by atoms with E-state index in [0.717, 1.165) is 145 Å². The van der Waals surface area contributed by atoms with Gasteiger partial charge in [0, 0.05) is 178 Å². The van der Waals surface area contributed by atoms with Crippen molar-refractivity contribution in [2.24, 2.45) is 0 Å². The second-order valence-corrected chi connectivity index (χ2v) is 44.0. The van der Waals surface area contributed by atoms with Crippen molar-refractivity contribution in [3.05, 3.63) is 476 Å². The Labute approximate surface area is 891 Å². The third-order valence-electron chi connectivity index (χ3n) is 28.0. The van der Waals surface area contributed by atoms with Crippen molar-refractivity contribution in [1.82, 2.24) is 47.9 Å². The van der Waals surface area contributed by atoms with Crippen LogP contribution in [-0.2, 0) is 76.9 Å². The monoisotopic (exact) mass is 2500 g/mol. The van der Waals surface area contributed by atoms with Crippen LogP contribution in [0.4, 0.5) is 17.1 Å². The van der Waals surface area contributed by atoms with Gasteiger partial charge in [-0.15, -0.1) is 99.8 Å². The van der Waals surface area contributed by atoms with Gasteiger partial charge < -0.3 is 57.1 Å². The average Bonchev–Trinajstić information content (AvgIpc) is 1.54. The predicted octanol–water partition coefficient (Wildman–Crippen LogP) is 23.9. The van der Waals surface area contributed by atoms with Gasteiger partial charge in [-0.1, -0.05) is 272 Å². The molecule has 0 saturated heterocycles. The fourth-order valence-electron chi connectivity index (χ4n) is 21.5. The molecule has 6 aliphatic heterocycles. The zero-order chi connectivity index (χ0) is 96.2. The van der Waals surface area contributed by atoms with Gasteiger partial charge in [-0.05, 0) is 93.3 Å². The van der Waals surface area contributed by atoms with Gasteiger partial charge in [-0.2, -0.15) is 80.7 Å². The Morgan fingerprint density at radius 3 is 0.966 bits per heavy atom. The summed E-state index contributed by atoms with van der Waals surface area (Å²) in [5, 5.41) is 15.6. The Morgan fingerprint density at radius 2 is 0.571 bits per heavy atom. The SMILES string of the molecule is CN1[CH-]N(c2[c-]c(P3(=O)c4[c-]c(Oc5ccccn5)ccc4-c4ccccc43)ccc2)C=C1n1c2ccccc2c2ccccc21.CN1[CH-]N(c2[c-]c3c(cc2)-c2ccccc2P3(=O)c2[c-]c(Oc3ccccn3)ccc2)C=C1n1c2ccccc2c2ccccc21.CN1[CH-]N(c2[c-]c3c(cc2)-c2ccccc2P3(=O)c2[c-]c3c(cc2)c2ccccc2n3-c2ccccn2)C=C1n1c2ccccc2c2ccccc21.[Pt].[Pt].[Pt]. The molecule has 0 N–H and O–H groups in total. The number of benzene rings is 16. The summed E-state index contributed by atoms with van der Waals surface area (Å²) >= 11 is 0. The second kappa shape index (κ2) is 37.5. The Bertz CT molecular complexity index is 9370. The number of pyridine rings is 3. The van der Waals surface area contributed by atoms with Crippen molar-refractivity contribution in [3.63, 3.8) is 0 Å². The number of nitrogens with zero attached hydrogens (tertiary/aromatic N) is 13. The summed E-state index contributed by atoms with van der Waals surface area (Å²) in [5.74, 6) is 5.65. The molecule has 23 aromatic rings. The van der Waals surface area contributed by atoms with Gasteiger partial charge in [0.1, 0.15) is 27.2 Å². The van der Waals surface area contributed by atoms with Gasteiger partial charge in [0.05, 0.1) is 50.6 Å². The largest absolute Gasteiger partial charge is 0.499 e. The maximum atomic E-state index is 16.0. The number of para-hydroxylation sites is 7. The van der Waals surface area contributed by atoms with Crippen LogP contribution in [-0.4, -0.2) is 69.1 Å². The van der Waals surface area contributed by atoms with Crippen LogP contribution in [0.1, 0.15) is 0 Å². The summed E-state index contributed by atoms with van der Waals surface area (Å²) in [4.78, 5) is 25.8. The number of fused-ring (bicyclic) bond motifs is 21. The maximum absolute atomic E-state index is 16.0. The molecule has 0 bridgehead atoms. The topological polar surface area (TPSA) is 148 Å². The maximum Gasteiger partial charge on any atom is 0.216 e. The first-order valence-electron chi connectivity index (χ1n) is 47.4. The fourth-order valence-corrected chi connectivity index (χ4v) is 30.3. The Kier molecular flexibility index (Phi) is 24.0. The van der Waals surface area contributed by atoms with E-state index in [9.17, 15) is 0 Å². The van der Waals surface area contributed by atoms with Gasteiger partial charge in [-0.25, -0.2) is 15.0 Å². The quantitative estimate of drug-likeness (QED) is 0.0751. The van der Waals surface area contributed by atoms with E-state index in [4.69, 9.17) is 14.5 Å². The van der Waals surface area contributed by atoms with E-state index in [1.807, 2.05) is 208 Å². The molecule has 24 heteroatoms. The number of anilines is 3. The zero-order valence-corrected chi connectivity index (χ0v) is 88.2. The molecular weight excluding hydrogens is 2420 g/mol. The first-order valence-corrected chi connectivity index (χ1v) is 52.5. The van der Waals surface area contributed by atoms with Gasteiger partial charge in [0.25, 0.3) is 0 Å². The normalized spacial score (nSPS) is 16.5. The summed E-state index contributed by atoms with van der Waals surface area (Å²) in [6.45, 7) is 6.14. The van der Waals surface area contributed by atoms with Crippen molar-refractivity contribution in [2.75, 3.05) is 35.8 Å². The predicted molar refractivity (Wildman–Crippen MR) is 583 cm³/mol. The third kappa shape index (κ3) is 15.2. The molecule has 3 unspecified atom stereocenters. The van der Waals surface area contributed by atoms with Crippen LogP contribution in [0.15, 0.2) is 419 Å². The van der Waals surface area contributed by atoms with Crippen molar-refractivity contribution in [2.45, 2.75) is 0 Å². The Morgan fingerprint density at radius 1 is 0.252 bits per heavy atom. The van der Waals surface area contributed by atoms with E-state index in [2.05, 4.69) is 316 Å². The van der Waals surface area contributed by atoms with Crippen LogP contribution in [0.5, 0.6) is 23.3 Å². The average molecular weight is 2500 g/mol. The van der Waals surface area contributed by atoms with Crippen molar-refractivity contribution in [3.8, 4) is 62.5 Å². The second-order valence-electron chi connectivity index (χ2n) is 36.2. The number of ether oxygens (including phenoxy) is 2. The number of rotatable bonds is 14. The summed E-state index contributed by atoms with van der Waals surface area (Å²) in [6, 6.07) is 149. The van der Waals surface area contributed by atoms with Gasteiger partial charge in [0.2, 0.25) is 11.8 Å². The minimum atomic E-state index is -3.40. The molecule has 29 rings (SSSR count). The summed E-state index contributed by atoms with van der Waals surface area (Å²) in [6.07, 6.45) is 11.5. The molecule has 18 nitrogen and oxygen atoms in total. The Balaban J connectivity index is 0.000000117. The van der Waals surface area contributed by atoms with E-state index in [1.165, 1.54) is 32.3 Å². The number of aromatic nitrogens is 7. The molecule has 7 aromatic heterocycles. The van der Waals surface area contributed by atoms with Crippen LogP contribution in [0.2, 0.25) is 0 Å². The molecule has 0 saturated carbocycles. The molecule has 0 aliphatic carbocycles. The van der Waals surface area contributed by atoms with Crippen LogP contribution >= 0.6 is 21.4 Å². The standard InChI is InChI=1S/C45H29N5OP.2C39H26N4O2P.3Pt/c1-47-29-48(28-45(47)50-39-17-7-3-12-32(39)33-13-4-8-18-40(33)50)30-21-23-37-36-15-5-9-19-42(36)52(51,43(37)26-30)31-22-24-35-34-14-2-6-16-38(34)49(41(35)27-31)44-20-10-11-25-46-44;1-41-26-42(25-39(41)43-34-16-5-2-13-30(34)31-14-3-6-17-35(31)43)27-20-21-33-32-15-4-7-18-36(32)46(44,37(33)23-27)29-12-10-11-28(24-29)45-38-19-8-9-22-40-38;1-41-26-42(25-39(41)43-34-16-5-2-13-30(34)31-14-3-6-17-35(31)43)27-11-10-12-29(23-27)46(44)36-18-7-4-15-32(36)33-21-20-28(24-37(33)46)45-38-19-8-9-22-40-38;;;/h2-25,28-29H,1H3;2*2-22,25-26H,1H3;;;/q3*-3;;;. The van der Waals surface area contributed by atoms with E-state index >= 15 is 13.7 Å². The minimum Gasteiger partial charge on any atom is -0.499 e. The minimum absolute atomic E-state index is 0. The molecule has 0 spiro atoms. The molecule has 0 fully saturated rings. The van der Waals surface area contributed by atoms with Crippen molar-refractivity contribution in [1.29, 1.82) is 0 Å². The summed E-state index contributed by atoms with van der Waals surface area (Å²) in [7, 11) is -3.91. The molecule has 16 aromatic carbocycles. The van der Waals surface area contributed by atoms with Crippen molar-refractivity contribution >= 4 is 191 Å². The molecule has 6 aliphatic rings. The van der Waals surface area contributed by atoms with Crippen molar-refractivity contribution < 1.29 is 86.4 Å². The summed E-state index contributed by atoms with van der Waals surface area (Å²) in [5.41, 5.74) is 16.8.